The molecule has 0 aromatic heterocycles. The van der Waals surface area contributed by atoms with Gasteiger partial charge in [0.05, 0.1) is 0 Å². The fourth-order valence-corrected chi connectivity index (χ4v) is 3.69. The van der Waals surface area contributed by atoms with E-state index in [4.69, 9.17) is 5.73 Å². The molecule has 3 heteroatoms. The van der Waals surface area contributed by atoms with Crippen LogP contribution in [0.4, 0.5) is 4.39 Å². The molecule has 2 unspecified atom stereocenters. The largest absolute Gasteiger partial charge is 0.366 e. The molecular formula is C18H20FNO. The molecule has 1 amide bonds. The van der Waals surface area contributed by atoms with E-state index in [-0.39, 0.29) is 11.7 Å². The molecule has 2 aliphatic rings. The van der Waals surface area contributed by atoms with Crippen LogP contribution in [0, 0.1) is 17.7 Å². The Bertz CT molecular complexity index is 644. The maximum absolute atomic E-state index is 13.3. The summed E-state index contributed by atoms with van der Waals surface area (Å²) in [5.74, 6) is 0.417. The van der Waals surface area contributed by atoms with Crippen molar-refractivity contribution in [2.75, 3.05) is 0 Å². The molecular weight excluding hydrogens is 265 g/mol. The molecule has 110 valence electrons. The van der Waals surface area contributed by atoms with Gasteiger partial charge in [0.2, 0.25) is 5.91 Å². The summed E-state index contributed by atoms with van der Waals surface area (Å²) in [4.78, 5) is 11.7. The SMILES string of the molecule is CCC1=C(C(N)=O)C=C(Cc2cccc(F)c2)C2CCC12. The third-order valence-electron chi connectivity index (χ3n) is 4.82. The van der Waals surface area contributed by atoms with Crippen molar-refractivity contribution in [2.24, 2.45) is 17.6 Å². The number of halogens is 1. The first-order chi connectivity index (χ1) is 10.1. The summed E-state index contributed by atoms with van der Waals surface area (Å²) in [6.07, 6.45) is 5.83. The van der Waals surface area contributed by atoms with Crippen LogP contribution in [0.15, 0.2) is 47.1 Å². The lowest BCUT2D eigenvalue weighted by atomic mass is 9.61. The molecule has 1 saturated carbocycles. The molecule has 2 N–H and O–H groups in total. The molecule has 0 bridgehead atoms. The number of benzene rings is 1. The first-order valence-electron chi connectivity index (χ1n) is 7.58. The number of carbonyl (C=O) groups is 1. The van der Waals surface area contributed by atoms with Gasteiger partial charge >= 0.3 is 0 Å². The zero-order valence-electron chi connectivity index (χ0n) is 12.2. The van der Waals surface area contributed by atoms with E-state index in [1.807, 2.05) is 12.1 Å². The number of primary amides is 1. The highest BCUT2D eigenvalue weighted by Crippen LogP contribution is 2.49. The minimum absolute atomic E-state index is 0.214. The Morgan fingerprint density at radius 3 is 2.67 bits per heavy atom. The van der Waals surface area contributed by atoms with E-state index in [2.05, 4.69) is 6.92 Å². The van der Waals surface area contributed by atoms with Crippen LogP contribution < -0.4 is 5.73 Å². The van der Waals surface area contributed by atoms with E-state index in [1.165, 1.54) is 17.2 Å². The molecule has 0 heterocycles. The predicted molar refractivity (Wildman–Crippen MR) is 80.9 cm³/mol. The van der Waals surface area contributed by atoms with Crippen molar-refractivity contribution in [3.05, 3.63) is 58.4 Å². The predicted octanol–water partition coefficient (Wildman–Crippen LogP) is 3.53. The van der Waals surface area contributed by atoms with Crippen LogP contribution in [-0.2, 0) is 11.2 Å². The highest BCUT2D eigenvalue weighted by atomic mass is 19.1. The lowest BCUT2D eigenvalue weighted by Gasteiger charge is -2.43. The lowest BCUT2D eigenvalue weighted by Crippen LogP contribution is -2.35. The van der Waals surface area contributed by atoms with E-state index in [0.29, 0.717) is 23.8 Å². The second kappa shape index (κ2) is 5.47. The first-order valence-corrected chi connectivity index (χ1v) is 7.58. The van der Waals surface area contributed by atoms with Gasteiger partial charge in [0.15, 0.2) is 0 Å². The Labute approximate surface area is 124 Å². The van der Waals surface area contributed by atoms with Crippen molar-refractivity contribution >= 4 is 5.91 Å². The molecule has 0 aliphatic heterocycles. The quantitative estimate of drug-likeness (QED) is 0.903. The van der Waals surface area contributed by atoms with Gasteiger partial charge in [-0.05, 0) is 61.3 Å². The van der Waals surface area contributed by atoms with Gasteiger partial charge in [0, 0.05) is 5.57 Å². The van der Waals surface area contributed by atoms with Crippen molar-refractivity contribution in [2.45, 2.75) is 32.6 Å². The van der Waals surface area contributed by atoms with E-state index < -0.39 is 0 Å². The molecule has 0 radical (unpaired) electrons. The van der Waals surface area contributed by atoms with E-state index in [0.717, 1.165) is 24.8 Å². The average Bonchev–Trinajstić information content (AvgIpc) is 2.39. The summed E-state index contributed by atoms with van der Waals surface area (Å²) < 4.78 is 13.3. The van der Waals surface area contributed by atoms with Crippen LogP contribution in [0.5, 0.6) is 0 Å². The minimum atomic E-state index is -0.339. The average molecular weight is 285 g/mol. The standard InChI is InChI=1S/C18H20FNO/c1-2-14-16-7-6-15(16)12(10-17(14)18(20)21)8-11-4-3-5-13(19)9-11/h3-5,9-10,15-16H,2,6-8H2,1H3,(H2,20,21). The van der Waals surface area contributed by atoms with Gasteiger partial charge in [-0.3, -0.25) is 4.79 Å². The number of fused-ring (bicyclic) bond motifs is 1. The zero-order valence-corrected chi connectivity index (χ0v) is 12.2. The zero-order chi connectivity index (χ0) is 15.0. The van der Waals surface area contributed by atoms with Crippen molar-refractivity contribution in [1.29, 1.82) is 0 Å². The Kier molecular flexibility index (Phi) is 3.66. The van der Waals surface area contributed by atoms with Crippen LogP contribution in [0.2, 0.25) is 0 Å². The molecule has 0 saturated heterocycles. The van der Waals surface area contributed by atoms with Gasteiger partial charge in [-0.1, -0.05) is 30.2 Å². The van der Waals surface area contributed by atoms with E-state index in [1.54, 1.807) is 12.1 Å². The molecule has 2 aliphatic carbocycles. The smallest absolute Gasteiger partial charge is 0.248 e. The topological polar surface area (TPSA) is 43.1 Å². The minimum Gasteiger partial charge on any atom is -0.366 e. The third-order valence-corrected chi connectivity index (χ3v) is 4.82. The molecule has 1 aromatic carbocycles. The van der Waals surface area contributed by atoms with Gasteiger partial charge in [-0.25, -0.2) is 4.39 Å². The van der Waals surface area contributed by atoms with Gasteiger partial charge in [-0.2, -0.15) is 0 Å². The van der Waals surface area contributed by atoms with Crippen molar-refractivity contribution < 1.29 is 9.18 Å². The highest BCUT2D eigenvalue weighted by molar-refractivity contribution is 5.96. The fraction of sp³-hybridized carbons (Fsp3) is 0.389. The molecule has 21 heavy (non-hydrogen) atoms. The monoisotopic (exact) mass is 285 g/mol. The van der Waals surface area contributed by atoms with Gasteiger partial charge in [0.25, 0.3) is 0 Å². The van der Waals surface area contributed by atoms with E-state index in [9.17, 15) is 9.18 Å². The summed E-state index contributed by atoms with van der Waals surface area (Å²) in [6.45, 7) is 2.08. The summed E-state index contributed by atoms with van der Waals surface area (Å²) in [6, 6.07) is 6.68. The summed E-state index contributed by atoms with van der Waals surface area (Å²) >= 11 is 0. The van der Waals surface area contributed by atoms with E-state index >= 15 is 0 Å². The number of amides is 1. The number of hydrogen-bond acceptors (Lipinski definition) is 1. The van der Waals surface area contributed by atoms with Gasteiger partial charge in [-0.15, -0.1) is 0 Å². The molecule has 1 aromatic rings. The number of nitrogens with two attached hydrogens (primary N) is 1. The molecule has 3 rings (SSSR count). The maximum atomic E-state index is 13.3. The van der Waals surface area contributed by atoms with Crippen molar-refractivity contribution in [3.63, 3.8) is 0 Å². The first kappa shape index (κ1) is 14.1. The molecule has 2 nitrogen and oxygen atoms in total. The van der Waals surface area contributed by atoms with Crippen molar-refractivity contribution in [1.82, 2.24) is 0 Å². The number of hydrogen-bond donors (Lipinski definition) is 1. The molecule has 2 atom stereocenters. The Morgan fingerprint density at radius 2 is 2.10 bits per heavy atom. The second-order valence-electron chi connectivity index (χ2n) is 5.97. The van der Waals surface area contributed by atoms with Crippen LogP contribution in [0.25, 0.3) is 0 Å². The third kappa shape index (κ3) is 2.53. The Balaban J connectivity index is 1.94. The fourth-order valence-electron chi connectivity index (χ4n) is 3.69. The molecule has 1 fully saturated rings. The maximum Gasteiger partial charge on any atom is 0.248 e. The van der Waals surface area contributed by atoms with Crippen LogP contribution in [-0.4, -0.2) is 5.91 Å². The summed E-state index contributed by atoms with van der Waals surface area (Å²) in [7, 11) is 0. The highest BCUT2D eigenvalue weighted by Gasteiger charge is 2.39. The normalized spacial score (nSPS) is 24.2. The Morgan fingerprint density at radius 1 is 1.33 bits per heavy atom. The summed E-state index contributed by atoms with van der Waals surface area (Å²) in [5.41, 5.74) is 9.62. The lowest BCUT2D eigenvalue weighted by molar-refractivity contribution is -0.114. The second-order valence-corrected chi connectivity index (χ2v) is 5.97. The van der Waals surface area contributed by atoms with Crippen molar-refractivity contribution in [3.8, 4) is 0 Å². The Hall–Kier alpha value is -1.90. The number of carbonyl (C=O) groups excluding carboxylic acids is 1. The summed E-state index contributed by atoms with van der Waals surface area (Å²) in [5, 5.41) is 0. The van der Waals surface area contributed by atoms with Crippen LogP contribution in [0.1, 0.15) is 31.7 Å². The number of rotatable bonds is 4. The van der Waals surface area contributed by atoms with Crippen LogP contribution >= 0.6 is 0 Å². The molecule has 0 spiro atoms. The van der Waals surface area contributed by atoms with Crippen LogP contribution in [0.3, 0.4) is 0 Å². The number of allylic oxidation sites excluding steroid dienone is 2. The van der Waals surface area contributed by atoms with Gasteiger partial charge < -0.3 is 5.73 Å². The van der Waals surface area contributed by atoms with Gasteiger partial charge in [0.1, 0.15) is 5.82 Å².